The smallest absolute Gasteiger partial charge is 0.321 e. The topological polar surface area (TPSA) is 113 Å². The second-order valence-corrected chi connectivity index (χ2v) is 6.71. The lowest BCUT2D eigenvalue weighted by molar-refractivity contribution is 0.394. The first-order valence-corrected chi connectivity index (χ1v) is 7.93. The predicted octanol–water partition coefficient (Wildman–Crippen LogP) is 3.33. The lowest BCUT2D eigenvalue weighted by Crippen LogP contribution is -2.14. The minimum absolute atomic E-state index is 0.0376. The second kappa shape index (κ2) is 6.55. The third kappa shape index (κ3) is 3.39. The summed E-state index contributed by atoms with van der Waals surface area (Å²) < 4.78 is 21.0. The third-order valence-electron chi connectivity index (χ3n) is 3.75. The lowest BCUT2D eigenvalue weighted by Gasteiger charge is -2.23. The first-order chi connectivity index (χ1) is 12.3. The van der Waals surface area contributed by atoms with Gasteiger partial charge < -0.3 is 16.2 Å². The van der Waals surface area contributed by atoms with E-state index in [1.165, 1.54) is 18.6 Å². The van der Waals surface area contributed by atoms with Gasteiger partial charge in [-0.3, -0.25) is 0 Å². The molecule has 0 atom stereocenters. The number of nitrogens with zero attached hydrogens (tertiary/aromatic N) is 4. The minimum atomic E-state index is -0.594. The van der Waals surface area contributed by atoms with Crippen LogP contribution in [0.3, 0.4) is 0 Å². The van der Waals surface area contributed by atoms with Crippen molar-refractivity contribution in [3.8, 4) is 23.0 Å². The summed E-state index contributed by atoms with van der Waals surface area (Å²) >= 11 is 0. The molecule has 0 unspecified atom stereocenters. The van der Waals surface area contributed by atoms with Crippen molar-refractivity contribution >= 4 is 11.6 Å². The summed E-state index contributed by atoms with van der Waals surface area (Å²) in [6.07, 6.45) is 4.41. The predicted molar refractivity (Wildman–Crippen MR) is 97.1 cm³/mol. The van der Waals surface area contributed by atoms with Gasteiger partial charge in [0.1, 0.15) is 0 Å². The van der Waals surface area contributed by atoms with Gasteiger partial charge in [0.15, 0.2) is 23.2 Å². The van der Waals surface area contributed by atoms with E-state index in [4.69, 9.17) is 16.2 Å². The average molecular weight is 354 g/mol. The third-order valence-corrected chi connectivity index (χ3v) is 3.75. The lowest BCUT2D eigenvalue weighted by atomic mass is 9.85. The van der Waals surface area contributed by atoms with Crippen LogP contribution < -0.4 is 16.2 Å². The summed E-state index contributed by atoms with van der Waals surface area (Å²) in [6.45, 7) is 5.88. The molecule has 0 saturated carbocycles. The molecule has 0 spiro atoms. The Kier molecular flexibility index (Phi) is 4.41. The highest BCUT2D eigenvalue weighted by Crippen LogP contribution is 2.39. The van der Waals surface area contributed by atoms with Gasteiger partial charge in [-0.2, -0.15) is 0 Å². The quantitative estimate of drug-likeness (QED) is 0.741. The van der Waals surface area contributed by atoms with Crippen LogP contribution in [0.5, 0.6) is 11.8 Å². The van der Waals surface area contributed by atoms with E-state index in [1.807, 2.05) is 20.8 Å². The molecule has 26 heavy (non-hydrogen) atoms. The highest BCUT2D eigenvalue weighted by atomic mass is 19.1. The number of hydrogen-bond donors (Lipinski definition) is 2. The summed E-state index contributed by atoms with van der Waals surface area (Å²) in [5, 5.41) is 0. The van der Waals surface area contributed by atoms with Crippen LogP contribution in [0, 0.1) is 5.82 Å². The highest BCUT2D eigenvalue weighted by molar-refractivity contribution is 5.67. The van der Waals surface area contributed by atoms with Crippen molar-refractivity contribution in [2.45, 2.75) is 26.2 Å². The van der Waals surface area contributed by atoms with Gasteiger partial charge in [-0.25, -0.2) is 24.3 Å². The van der Waals surface area contributed by atoms with E-state index in [0.717, 1.165) is 0 Å². The molecule has 0 aliphatic rings. The van der Waals surface area contributed by atoms with Crippen molar-refractivity contribution in [3.63, 3.8) is 0 Å². The number of nitrogens with two attached hydrogens (primary N) is 2. The zero-order valence-electron chi connectivity index (χ0n) is 14.7. The number of benzene rings is 1. The van der Waals surface area contributed by atoms with Crippen LogP contribution in [-0.4, -0.2) is 19.9 Å². The van der Waals surface area contributed by atoms with Crippen LogP contribution >= 0.6 is 0 Å². The number of halogens is 1. The van der Waals surface area contributed by atoms with Crippen LogP contribution in [0.4, 0.5) is 16.0 Å². The van der Waals surface area contributed by atoms with Crippen molar-refractivity contribution in [1.29, 1.82) is 0 Å². The largest absolute Gasteiger partial charge is 0.421 e. The minimum Gasteiger partial charge on any atom is -0.421 e. The van der Waals surface area contributed by atoms with E-state index in [1.54, 1.807) is 18.2 Å². The fourth-order valence-electron chi connectivity index (χ4n) is 2.42. The maximum absolute atomic E-state index is 15.3. The summed E-state index contributed by atoms with van der Waals surface area (Å²) in [7, 11) is 0. The first-order valence-electron chi connectivity index (χ1n) is 7.93. The number of hydrogen-bond acceptors (Lipinski definition) is 7. The average Bonchev–Trinajstić information content (AvgIpc) is 2.59. The van der Waals surface area contributed by atoms with Gasteiger partial charge in [0, 0.05) is 23.5 Å². The molecular weight excluding hydrogens is 335 g/mol. The van der Waals surface area contributed by atoms with Crippen LogP contribution in [0.1, 0.15) is 26.3 Å². The van der Waals surface area contributed by atoms with E-state index in [-0.39, 0.29) is 40.1 Å². The number of ether oxygens (including phenoxy) is 1. The maximum atomic E-state index is 15.3. The van der Waals surface area contributed by atoms with E-state index in [0.29, 0.717) is 5.56 Å². The monoisotopic (exact) mass is 354 g/mol. The van der Waals surface area contributed by atoms with E-state index >= 15 is 4.39 Å². The van der Waals surface area contributed by atoms with Crippen LogP contribution in [0.15, 0.2) is 36.8 Å². The van der Waals surface area contributed by atoms with Gasteiger partial charge in [-0.1, -0.05) is 26.8 Å². The van der Waals surface area contributed by atoms with Gasteiger partial charge in [-0.05, 0) is 17.5 Å². The Morgan fingerprint density at radius 1 is 1.00 bits per heavy atom. The molecule has 0 bridgehead atoms. The Labute approximate surface area is 150 Å². The van der Waals surface area contributed by atoms with Crippen LogP contribution in [0.25, 0.3) is 11.3 Å². The Morgan fingerprint density at radius 3 is 2.31 bits per heavy atom. The number of aromatic nitrogens is 4. The molecule has 8 heteroatoms. The molecule has 0 amide bonds. The summed E-state index contributed by atoms with van der Waals surface area (Å²) in [4.78, 5) is 16.1. The Bertz CT molecular complexity index is 940. The molecule has 1 aromatic carbocycles. The standard InChI is InChI=1S/C18H19FN6O/c1-18(2,3)11-6-5-10(12-9-24-15(20)16(21)25-12)13(19)14(11)26-17-22-7-4-8-23-17/h4-9H,1-3H3,(H2,20,24)(H2,21,25). The van der Waals surface area contributed by atoms with Crippen molar-refractivity contribution in [2.24, 2.45) is 0 Å². The zero-order chi connectivity index (χ0) is 18.9. The fraction of sp³-hybridized carbons (Fsp3) is 0.222. The Morgan fingerprint density at radius 2 is 1.69 bits per heavy atom. The molecule has 0 aliphatic heterocycles. The number of anilines is 2. The summed E-state index contributed by atoms with van der Waals surface area (Å²) in [6, 6.07) is 5.10. The van der Waals surface area contributed by atoms with Crippen LogP contribution in [0.2, 0.25) is 0 Å². The molecule has 0 aliphatic carbocycles. The molecular formula is C18H19FN6O. The fourth-order valence-corrected chi connectivity index (χ4v) is 2.42. The molecule has 134 valence electrons. The van der Waals surface area contributed by atoms with Gasteiger partial charge in [0.05, 0.1) is 11.9 Å². The van der Waals surface area contributed by atoms with Gasteiger partial charge >= 0.3 is 6.01 Å². The maximum Gasteiger partial charge on any atom is 0.321 e. The molecule has 7 nitrogen and oxygen atoms in total. The SMILES string of the molecule is CC(C)(C)c1ccc(-c2cnc(N)c(N)n2)c(F)c1Oc1ncccn1. The molecule has 2 aromatic heterocycles. The van der Waals surface area contributed by atoms with E-state index < -0.39 is 5.82 Å². The molecule has 3 aromatic rings. The Hall–Kier alpha value is -3.29. The van der Waals surface area contributed by atoms with Gasteiger partial charge in [0.25, 0.3) is 0 Å². The molecule has 4 N–H and O–H groups in total. The molecule has 0 saturated heterocycles. The Balaban J connectivity index is 2.16. The molecule has 3 rings (SSSR count). The van der Waals surface area contributed by atoms with Gasteiger partial charge in [0.2, 0.25) is 0 Å². The molecule has 0 fully saturated rings. The zero-order valence-corrected chi connectivity index (χ0v) is 14.7. The van der Waals surface area contributed by atoms with E-state index in [2.05, 4.69) is 19.9 Å². The van der Waals surface area contributed by atoms with Crippen molar-refractivity contribution in [1.82, 2.24) is 19.9 Å². The first kappa shape index (κ1) is 17.5. The van der Waals surface area contributed by atoms with Crippen molar-refractivity contribution in [2.75, 3.05) is 11.5 Å². The molecule has 0 radical (unpaired) electrons. The van der Waals surface area contributed by atoms with Crippen molar-refractivity contribution < 1.29 is 9.13 Å². The summed E-state index contributed by atoms with van der Waals surface area (Å²) in [5.41, 5.74) is 12.0. The second-order valence-electron chi connectivity index (χ2n) is 6.71. The number of nitrogen functional groups attached to an aromatic ring is 2. The van der Waals surface area contributed by atoms with Crippen molar-refractivity contribution in [3.05, 3.63) is 48.2 Å². The highest BCUT2D eigenvalue weighted by Gasteiger charge is 2.26. The number of rotatable bonds is 3. The molecule has 2 heterocycles. The normalized spacial score (nSPS) is 11.4. The summed E-state index contributed by atoms with van der Waals surface area (Å²) in [5.74, 6) is -0.424. The van der Waals surface area contributed by atoms with Gasteiger partial charge in [-0.15, -0.1) is 0 Å². The van der Waals surface area contributed by atoms with Crippen LogP contribution in [-0.2, 0) is 5.41 Å². The van der Waals surface area contributed by atoms with E-state index in [9.17, 15) is 0 Å².